The van der Waals surface area contributed by atoms with Gasteiger partial charge in [0.05, 0.1) is 24.8 Å². The van der Waals surface area contributed by atoms with Gasteiger partial charge in [0.2, 0.25) is 5.91 Å². The minimum Gasteiger partial charge on any atom is -0.465 e. The van der Waals surface area contributed by atoms with E-state index in [4.69, 9.17) is 4.74 Å². The van der Waals surface area contributed by atoms with Crippen LogP contribution in [0.3, 0.4) is 0 Å². The first-order valence-corrected chi connectivity index (χ1v) is 13.3. The van der Waals surface area contributed by atoms with Crippen LogP contribution < -0.4 is 15.4 Å². The van der Waals surface area contributed by atoms with Gasteiger partial charge < -0.3 is 20.5 Å². The van der Waals surface area contributed by atoms with Gasteiger partial charge in [-0.25, -0.2) is 0 Å². The molecule has 0 bridgehead atoms. The van der Waals surface area contributed by atoms with Gasteiger partial charge in [-0.15, -0.1) is 0 Å². The number of ether oxygens (including phenoxy) is 1. The molecule has 3 unspecified atom stereocenters. The highest BCUT2D eigenvalue weighted by molar-refractivity contribution is 7.87. The monoisotopic (exact) mass is 514 g/mol. The predicted octanol–water partition coefficient (Wildman–Crippen LogP) is 0.817. The number of benzene rings is 1. The number of nitrogens with zero attached hydrogens (tertiary/aromatic N) is 1. The first kappa shape index (κ1) is 31.0. The van der Waals surface area contributed by atoms with Crippen LogP contribution in [-0.4, -0.2) is 80.2 Å². The maximum absolute atomic E-state index is 13.3. The third-order valence-corrected chi connectivity index (χ3v) is 7.13. The lowest BCUT2D eigenvalue weighted by Gasteiger charge is -2.33. The van der Waals surface area contributed by atoms with Crippen LogP contribution in [0.1, 0.15) is 47.1 Å². The van der Waals surface area contributed by atoms with E-state index in [0.717, 1.165) is 9.87 Å². The number of rotatable bonds is 15. The van der Waals surface area contributed by atoms with Crippen molar-refractivity contribution in [3.05, 3.63) is 35.9 Å². The highest BCUT2D eigenvalue weighted by atomic mass is 32.2. The fourth-order valence-corrected chi connectivity index (χ4v) is 5.04. The zero-order valence-corrected chi connectivity index (χ0v) is 22.7. The summed E-state index contributed by atoms with van der Waals surface area (Å²) in [5.41, 5.74) is -0.622. The SMILES string of the molecule is CCOC(=O)C(C)(C)NS(=O)(=O)N(CC(C)C)CC(O)C(Cc1ccccc1)NC(=O)C(C)NC. The Morgan fingerprint density at radius 1 is 1.11 bits per heavy atom. The van der Waals surface area contributed by atoms with Crippen molar-refractivity contribution in [1.29, 1.82) is 0 Å². The average molecular weight is 515 g/mol. The van der Waals surface area contributed by atoms with Crippen LogP contribution in [0.5, 0.6) is 0 Å². The molecule has 0 radical (unpaired) electrons. The van der Waals surface area contributed by atoms with Gasteiger partial charge in [-0.2, -0.15) is 17.4 Å². The second kappa shape index (κ2) is 13.9. The molecule has 0 aliphatic heterocycles. The topological polar surface area (TPSA) is 137 Å². The molecular formula is C24H42N4O6S. The number of nitrogens with one attached hydrogen (secondary N) is 3. The quantitative estimate of drug-likeness (QED) is 0.254. The number of aliphatic hydroxyl groups is 1. The molecule has 0 aromatic heterocycles. The Morgan fingerprint density at radius 2 is 1.71 bits per heavy atom. The van der Waals surface area contributed by atoms with Crippen molar-refractivity contribution in [2.24, 2.45) is 5.92 Å². The van der Waals surface area contributed by atoms with E-state index in [9.17, 15) is 23.1 Å². The van der Waals surface area contributed by atoms with Crippen LogP contribution in [0.15, 0.2) is 30.3 Å². The molecule has 0 aliphatic carbocycles. The third kappa shape index (κ3) is 10.2. The molecule has 0 saturated heterocycles. The summed E-state index contributed by atoms with van der Waals surface area (Å²) >= 11 is 0. The van der Waals surface area contributed by atoms with Gasteiger partial charge in [0, 0.05) is 13.1 Å². The number of esters is 1. The molecule has 0 fully saturated rings. The van der Waals surface area contributed by atoms with Crippen molar-refractivity contribution in [1.82, 2.24) is 19.7 Å². The first-order valence-electron chi connectivity index (χ1n) is 11.9. The second-order valence-electron chi connectivity index (χ2n) is 9.55. The highest BCUT2D eigenvalue weighted by Crippen LogP contribution is 2.15. The Bertz CT molecular complexity index is 908. The maximum Gasteiger partial charge on any atom is 0.326 e. The number of carbonyl (C=O) groups is 2. The fraction of sp³-hybridized carbons (Fsp3) is 0.667. The highest BCUT2D eigenvalue weighted by Gasteiger charge is 2.38. The lowest BCUT2D eigenvalue weighted by atomic mass is 10.0. The van der Waals surface area contributed by atoms with E-state index < -0.39 is 39.9 Å². The number of hydrogen-bond donors (Lipinski definition) is 4. The molecule has 1 aromatic rings. The van der Waals surface area contributed by atoms with Crippen molar-refractivity contribution >= 4 is 22.1 Å². The predicted molar refractivity (Wildman–Crippen MR) is 136 cm³/mol. The van der Waals surface area contributed by atoms with Crippen LogP contribution >= 0.6 is 0 Å². The van der Waals surface area contributed by atoms with Crippen molar-refractivity contribution in [3.63, 3.8) is 0 Å². The maximum atomic E-state index is 13.3. The second-order valence-corrected chi connectivity index (χ2v) is 11.2. The minimum atomic E-state index is -4.19. The Hall–Kier alpha value is -2.05. The van der Waals surface area contributed by atoms with E-state index in [1.807, 2.05) is 44.2 Å². The van der Waals surface area contributed by atoms with Crippen molar-refractivity contribution < 1.29 is 27.9 Å². The largest absolute Gasteiger partial charge is 0.465 e. The first-order chi connectivity index (χ1) is 16.2. The molecule has 1 aromatic carbocycles. The van der Waals surface area contributed by atoms with Gasteiger partial charge in [-0.3, -0.25) is 9.59 Å². The molecule has 0 heterocycles. The average Bonchev–Trinajstić information content (AvgIpc) is 2.77. The van der Waals surface area contributed by atoms with Crippen molar-refractivity contribution in [2.75, 3.05) is 26.7 Å². The minimum absolute atomic E-state index is 0.0593. The van der Waals surface area contributed by atoms with E-state index in [1.54, 1.807) is 20.9 Å². The zero-order valence-electron chi connectivity index (χ0n) is 21.9. The standard InChI is InChI=1S/C24H42N4O6S/c1-8-34-23(31)24(5,6)27-35(32,33)28(15-17(2)3)16-21(29)20(26-22(30)18(4)25-7)14-19-12-10-9-11-13-19/h9-13,17-18,20-21,25,27,29H,8,14-16H2,1-7H3,(H,26,30). The van der Waals surface area contributed by atoms with Gasteiger partial charge in [0.15, 0.2) is 0 Å². The van der Waals surface area contributed by atoms with E-state index in [0.29, 0.717) is 6.42 Å². The van der Waals surface area contributed by atoms with E-state index in [-0.39, 0.29) is 31.5 Å². The number of likely N-dealkylation sites (N-methyl/N-ethyl adjacent to an activating group) is 1. The Balaban J connectivity index is 3.19. The molecule has 11 heteroatoms. The molecule has 4 N–H and O–H groups in total. The Labute approximate surface area is 210 Å². The smallest absolute Gasteiger partial charge is 0.326 e. The number of hydrogen-bond acceptors (Lipinski definition) is 7. The van der Waals surface area contributed by atoms with E-state index in [1.165, 1.54) is 13.8 Å². The summed E-state index contributed by atoms with van der Waals surface area (Å²) in [5.74, 6) is -1.08. The van der Waals surface area contributed by atoms with Gasteiger partial charge in [0.25, 0.3) is 10.2 Å². The molecule has 10 nitrogen and oxygen atoms in total. The molecule has 0 aliphatic rings. The summed E-state index contributed by atoms with van der Waals surface area (Å²) in [7, 11) is -2.54. The number of amides is 1. The lowest BCUT2D eigenvalue weighted by Crippen LogP contribution is -2.58. The normalized spacial score (nSPS) is 15.0. The third-order valence-electron chi connectivity index (χ3n) is 5.39. The van der Waals surface area contributed by atoms with Crippen molar-refractivity contribution in [2.45, 2.75) is 71.7 Å². The molecular weight excluding hydrogens is 472 g/mol. The zero-order chi connectivity index (χ0) is 26.8. The molecule has 1 rings (SSSR count). The van der Waals surface area contributed by atoms with Crippen LogP contribution in [0, 0.1) is 5.92 Å². The van der Waals surface area contributed by atoms with Crippen molar-refractivity contribution in [3.8, 4) is 0 Å². The summed E-state index contributed by atoms with van der Waals surface area (Å²) < 4.78 is 35.1. The number of carbonyl (C=O) groups excluding carboxylic acids is 2. The van der Waals surface area contributed by atoms with Gasteiger partial charge >= 0.3 is 5.97 Å². The van der Waals surface area contributed by atoms with E-state index >= 15 is 0 Å². The fourth-order valence-electron chi connectivity index (χ4n) is 3.34. The summed E-state index contributed by atoms with van der Waals surface area (Å²) in [5, 5.41) is 16.9. The van der Waals surface area contributed by atoms with Gasteiger partial charge in [-0.05, 0) is 52.6 Å². The molecule has 200 valence electrons. The van der Waals surface area contributed by atoms with Gasteiger partial charge in [0.1, 0.15) is 5.54 Å². The molecule has 0 saturated carbocycles. The van der Waals surface area contributed by atoms with Crippen LogP contribution in [0.25, 0.3) is 0 Å². The molecule has 1 amide bonds. The van der Waals surface area contributed by atoms with Crippen LogP contribution in [0.4, 0.5) is 0 Å². The van der Waals surface area contributed by atoms with Gasteiger partial charge in [-0.1, -0.05) is 44.2 Å². The summed E-state index contributed by atoms with van der Waals surface area (Å²) in [6.45, 7) is 9.81. The summed E-state index contributed by atoms with van der Waals surface area (Å²) in [6.07, 6.45) is -0.911. The Morgan fingerprint density at radius 3 is 2.23 bits per heavy atom. The molecule has 0 spiro atoms. The molecule has 35 heavy (non-hydrogen) atoms. The molecule has 3 atom stereocenters. The van der Waals surface area contributed by atoms with Crippen LogP contribution in [0.2, 0.25) is 0 Å². The summed E-state index contributed by atoms with van der Waals surface area (Å²) in [6, 6.07) is 8.08. The number of aliphatic hydroxyl groups excluding tert-OH is 1. The Kier molecular flexibility index (Phi) is 12.3. The van der Waals surface area contributed by atoms with E-state index in [2.05, 4.69) is 15.4 Å². The van der Waals surface area contributed by atoms with Crippen LogP contribution in [-0.2, 0) is 31.0 Å². The lowest BCUT2D eigenvalue weighted by molar-refractivity contribution is -0.149. The summed E-state index contributed by atoms with van der Waals surface area (Å²) in [4.78, 5) is 24.8.